The third-order valence-corrected chi connectivity index (χ3v) is 2.58. The molecule has 0 spiro atoms. The van der Waals surface area contributed by atoms with Gasteiger partial charge in [-0.2, -0.15) is 0 Å². The Morgan fingerprint density at radius 1 is 1.35 bits per heavy atom. The summed E-state index contributed by atoms with van der Waals surface area (Å²) in [5, 5.41) is 3.29. The van der Waals surface area contributed by atoms with E-state index >= 15 is 0 Å². The lowest BCUT2D eigenvalue weighted by Gasteiger charge is -2.10. The lowest BCUT2D eigenvalue weighted by atomic mass is 10.3. The zero-order valence-electron chi connectivity index (χ0n) is 11.2. The minimum absolute atomic E-state index is 0.0331. The van der Waals surface area contributed by atoms with Gasteiger partial charge in [0, 0.05) is 37.6 Å². The fraction of sp³-hybridized carbons (Fsp3) is 0.615. The maximum Gasteiger partial charge on any atom is 0.328 e. The molecule has 1 rings (SSSR count). The summed E-state index contributed by atoms with van der Waals surface area (Å²) in [6.45, 7) is 13.5. The van der Waals surface area contributed by atoms with Crippen LogP contribution in [0.1, 0.15) is 33.7 Å². The highest BCUT2D eigenvalue weighted by molar-refractivity contribution is 4.99. The molecule has 0 aliphatic heterocycles. The smallest absolute Gasteiger partial charge is 0.311 e. The van der Waals surface area contributed by atoms with E-state index in [1.165, 1.54) is 0 Å². The van der Waals surface area contributed by atoms with E-state index in [2.05, 4.69) is 25.7 Å². The SMILES string of the molecule is C=C(CNC(C)C)Cn1ccn(C(C)C)c1=O. The van der Waals surface area contributed by atoms with E-state index in [0.717, 1.165) is 12.1 Å². The molecule has 1 heterocycles. The van der Waals surface area contributed by atoms with Crippen molar-refractivity contribution in [2.75, 3.05) is 6.54 Å². The molecular formula is C13H23N3O. The van der Waals surface area contributed by atoms with Crippen molar-refractivity contribution in [3.63, 3.8) is 0 Å². The molecule has 1 aromatic heterocycles. The molecule has 0 aliphatic carbocycles. The molecule has 0 aliphatic rings. The third-order valence-electron chi connectivity index (χ3n) is 2.58. The van der Waals surface area contributed by atoms with E-state index in [1.54, 1.807) is 9.13 Å². The van der Waals surface area contributed by atoms with Crippen LogP contribution in [0.5, 0.6) is 0 Å². The average molecular weight is 237 g/mol. The van der Waals surface area contributed by atoms with Crippen molar-refractivity contribution in [2.24, 2.45) is 0 Å². The van der Waals surface area contributed by atoms with Crippen LogP contribution < -0.4 is 11.0 Å². The van der Waals surface area contributed by atoms with Gasteiger partial charge in [0.25, 0.3) is 0 Å². The maximum atomic E-state index is 11.9. The monoisotopic (exact) mass is 237 g/mol. The fourth-order valence-electron chi connectivity index (χ4n) is 1.59. The Kier molecular flexibility index (Phi) is 4.75. The van der Waals surface area contributed by atoms with Gasteiger partial charge in [-0.15, -0.1) is 0 Å². The lowest BCUT2D eigenvalue weighted by Crippen LogP contribution is -2.29. The second-order valence-electron chi connectivity index (χ2n) is 5.00. The molecule has 0 unspecified atom stereocenters. The first-order valence-corrected chi connectivity index (χ1v) is 6.09. The van der Waals surface area contributed by atoms with Crippen molar-refractivity contribution in [1.29, 1.82) is 0 Å². The summed E-state index contributed by atoms with van der Waals surface area (Å²) in [6, 6.07) is 0.634. The Balaban J connectivity index is 2.63. The van der Waals surface area contributed by atoms with Crippen molar-refractivity contribution in [1.82, 2.24) is 14.5 Å². The van der Waals surface area contributed by atoms with E-state index in [9.17, 15) is 4.79 Å². The molecule has 0 aromatic carbocycles. The summed E-state index contributed by atoms with van der Waals surface area (Å²) in [4.78, 5) is 11.9. The first-order chi connectivity index (χ1) is 7.91. The molecule has 0 radical (unpaired) electrons. The Morgan fingerprint density at radius 3 is 2.47 bits per heavy atom. The highest BCUT2D eigenvalue weighted by atomic mass is 16.1. The molecule has 4 nitrogen and oxygen atoms in total. The normalized spacial score (nSPS) is 11.4. The predicted molar refractivity (Wildman–Crippen MR) is 71.4 cm³/mol. The number of hydrogen-bond acceptors (Lipinski definition) is 2. The molecule has 0 bridgehead atoms. The van der Waals surface area contributed by atoms with Crippen molar-refractivity contribution in [2.45, 2.75) is 46.3 Å². The van der Waals surface area contributed by atoms with Crippen LogP contribution in [0.15, 0.2) is 29.3 Å². The van der Waals surface area contributed by atoms with Crippen molar-refractivity contribution in [3.8, 4) is 0 Å². The van der Waals surface area contributed by atoms with Crippen LogP contribution in [0, 0.1) is 0 Å². The molecule has 96 valence electrons. The molecule has 17 heavy (non-hydrogen) atoms. The quantitative estimate of drug-likeness (QED) is 0.766. The summed E-state index contributed by atoms with van der Waals surface area (Å²) < 4.78 is 3.42. The highest BCUT2D eigenvalue weighted by Crippen LogP contribution is 2.01. The van der Waals surface area contributed by atoms with Crippen LogP contribution in [0.3, 0.4) is 0 Å². The maximum absolute atomic E-state index is 11.9. The Bertz CT molecular complexity index is 426. The Hall–Kier alpha value is -1.29. The van der Waals surface area contributed by atoms with Crippen molar-refractivity contribution >= 4 is 0 Å². The van der Waals surface area contributed by atoms with Crippen LogP contribution in [-0.4, -0.2) is 21.7 Å². The molecule has 1 aromatic rings. The number of hydrogen-bond donors (Lipinski definition) is 1. The van der Waals surface area contributed by atoms with Crippen molar-refractivity contribution in [3.05, 3.63) is 35.0 Å². The van der Waals surface area contributed by atoms with Crippen LogP contribution in [0.2, 0.25) is 0 Å². The van der Waals surface area contributed by atoms with Gasteiger partial charge in [-0.3, -0.25) is 9.13 Å². The number of aromatic nitrogens is 2. The zero-order chi connectivity index (χ0) is 13.0. The van der Waals surface area contributed by atoms with Crippen LogP contribution >= 0.6 is 0 Å². The van der Waals surface area contributed by atoms with Gasteiger partial charge in [0.15, 0.2) is 0 Å². The Labute approximate surface area is 103 Å². The average Bonchev–Trinajstić information content (AvgIpc) is 2.58. The summed E-state index contributed by atoms with van der Waals surface area (Å²) in [5.41, 5.74) is 1.05. The largest absolute Gasteiger partial charge is 0.328 e. The van der Waals surface area contributed by atoms with Crippen LogP contribution in [-0.2, 0) is 6.54 Å². The molecule has 1 N–H and O–H groups in total. The summed E-state index contributed by atoms with van der Waals surface area (Å²) in [6.07, 6.45) is 3.65. The van der Waals surface area contributed by atoms with Crippen LogP contribution in [0.4, 0.5) is 0 Å². The molecule has 0 atom stereocenters. The molecular weight excluding hydrogens is 214 g/mol. The van der Waals surface area contributed by atoms with E-state index in [-0.39, 0.29) is 11.7 Å². The second-order valence-corrected chi connectivity index (χ2v) is 5.00. The van der Waals surface area contributed by atoms with Crippen LogP contribution in [0.25, 0.3) is 0 Å². The first kappa shape index (κ1) is 13.8. The van der Waals surface area contributed by atoms with Gasteiger partial charge in [-0.1, -0.05) is 20.4 Å². The van der Waals surface area contributed by atoms with Gasteiger partial charge in [0.05, 0.1) is 0 Å². The summed E-state index contributed by atoms with van der Waals surface area (Å²) in [5.74, 6) is 0. The molecule has 0 saturated carbocycles. The van der Waals surface area contributed by atoms with Gasteiger partial charge >= 0.3 is 5.69 Å². The topological polar surface area (TPSA) is 39.0 Å². The molecule has 0 amide bonds. The van der Waals surface area contributed by atoms with Gasteiger partial charge < -0.3 is 5.32 Å². The van der Waals surface area contributed by atoms with Gasteiger partial charge in [0.1, 0.15) is 0 Å². The van der Waals surface area contributed by atoms with Gasteiger partial charge in [-0.25, -0.2) is 4.79 Å². The minimum Gasteiger partial charge on any atom is -0.311 e. The summed E-state index contributed by atoms with van der Waals surface area (Å²) in [7, 11) is 0. The minimum atomic E-state index is 0.0331. The molecule has 4 heteroatoms. The standard InChI is InChI=1S/C13H23N3O/c1-10(2)14-8-12(5)9-15-6-7-16(11(3)4)13(15)17/h6-7,10-11,14H,5,8-9H2,1-4H3. The van der Waals surface area contributed by atoms with E-state index in [1.807, 2.05) is 26.2 Å². The molecule has 0 fully saturated rings. The van der Waals surface area contributed by atoms with E-state index in [4.69, 9.17) is 0 Å². The summed E-state index contributed by atoms with van der Waals surface area (Å²) >= 11 is 0. The number of rotatable bonds is 6. The van der Waals surface area contributed by atoms with Gasteiger partial charge in [0.2, 0.25) is 0 Å². The van der Waals surface area contributed by atoms with E-state index < -0.39 is 0 Å². The number of imidazole rings is 1. The number of nitrogens with one attached hydrogen (secondary N) is 1. The fourth-order valence-corrected chi connectivity index (χ4v) is 1.59. The van der Waals surface area contributed by atoms with Crippen molar-refractivity contribution < 1.29 is 0 Å². The molecule has 0 saturated heterocycles. The van der Waals surface area contributed by atoms with E-state index in [0.29, 0.717) is 12.6 Å². The van der Waals surface area contributed by atoms with Gasteiger partial charge in [-0.05, 0) is 19.4 Å². The lowest BCUT2D eigenvalue weighted by molar-refractivity contribution is 0.553. The Morgan fingerprint density at radius 2 is 2.00 bits per heavy atom. The zero-order valence-corrected chi connectivity index (χ0v) is 11.2. The highest BCUT2D eigenvalue weighted by Gasteiger charge is 2.06. The third kappa shape index (κ3) is 3.89. The first-order valence-electron chi connectivity index (χ1n) is 6.09. The second kappa shape index (κ2) is 5.87. The predicted octanol–water partition coefficient (Wildman–Crippen LogP) is 1.78. The number of nitrogens with zero attached hydrogens (tertiary/aromatic N) is 2.